The average molecular weight is 240 g/mol. The minimum Gasteiger partial charge on any atom is -0.466 e. The Morgan fingerprint density at radius 1 is 1.47 bits per heavy atom. The fraction of sp³-hybridized carbons (Fsp3) is 0.545. The topological polar surface area (TPSA) is 75.7 Å². The van der Waals surface area contributed by atoms with Crippen molar-refractivity contribution in [3.63, 3.8) is 0 Å². The molecular formula is C11H16N2O4. The summed E-state index contributed by atoms with van der Waals surface area (Å²) in [5.41, 5.74) is 0. The van der Waals surface area contributed by atoms with Crippen LogP contribution in [0, 0.1) is 0 Å². The van der Waals surface area contributed by atoms with Gasteiger partial charge in [-0.3, -0.25) is 9.59 Å². The van der Waals surface area contributed by atoms with Gasteiger partial charge in [-0.2, -0.15) is 0 Å². The SMILES string of the molecule is COC(=O)C=CC(=O)NC(C)N1CCCC1=O. The van der Waals surface area contributed by atoms with E-state index in [4.69, 9.17) is 0 Å². The van der Waals surface area contributed by atoms with E-state index in [1.54, 1.807) is 11.8 Å². The Morgan fingerprint density at radius 2 is 2.18 bits per heavy atom. The first-order valence-corrected chi connectivity index (χ1v) is 5.40. The molecule has 1 atom stereocenters. The molecule has 17 heavy (non-hydrogen) atoms. The van der Waals surface area contributed by atoms with Crippen molar-refractivity contribution in [2.45, 2.75) is 25.9 Å². The summed E-state index contributed by atoms with van der Waals surface area (Å²) in [6.07, 6.45) is 3.10. The molecule has 1 rings (SSSR count). The van der Waals surface area contributed by atoms with Gasteiger partial charge in [0.25, 0.3) is 0 Å². The van der Waals surface area contributed by atoms with E-state index in [1.165, 1.54) is 7.11 Å². The Kier molecular flexibility index (Phi) is 4.68. The van der Waals surface area contributed by atoms with Crippen LogP contribution in [0.1, 0.15) is 19.8 Å². The zero-order valence-corrected chi connectivity index (χ0v) is 9.93. The monoisotopic (exact) mass is 240 g/mol. The highest BCUT2D eigenvalue weighted by molar-refractivity contribution is 5.94. The molecule has 0 spiro atoms. The van der Waals surface area contributed by atoms with Gasteiger partial charge >= 0.3 is 5.97 Å². The second-order valence-electron chi connectivity index (χ2n) is 3.73. The minimum atomic E-state index is -0.593. The summed E-state index contributed by atoms with van der Waals surface area (Å²) in [5.74, 6) is -0.984. The van der Waals surface area contributed by atoms with Gasteiger partial charge in [0.2, 0.25) is 11.8 Å². The number of nitrogens with zero attached hydrogens (tertiary/aromatic N) is 1. The average Bonchev–Trinajstić information content (AvgIpc) is 2.72. The van der Waals surface area contributed by atoms with E-state index in [0.29, 0.717) is 13.0 Å². The number of hydrogen-bond acceptors (Lipinski definition) is 4. The quantitative estimate of drug-likeness (QED) is 0.545. The summed E-state index contributed by atoms with van der Waals surface area (Å²) in [6, 6.07) is 0. The summed E-state index contributed by atoms with van der Waals surface area (Å²) < 4.78 is 4.35. The Bertz CT molecular complexity index is 351. The summed E-state index contributed by atoms with van der Waals surface area (Å²) in [5, 5.41) is 2.60. The number of carbonyl (C=O) groups is 3. The van der Waals surface area contributed by atoms with Crippen LogP contribution in [0.4, 0.5) is 0 Å². The Balaban J connectivity index is 2.43. The molecule has 1 aliphatic rings. The lowest BCUT2D eigenvalue weighted by molar-refractivity contribution is -0.135. The molecule has 1 fully saturated rings. The van der Waals surface area contributed by atoms with Crippen LogP contribution in [0.3, 0.4) is 0 Å². The number of likely N-dealkylation sites (tertiary alicyclic amines) is 1. The van der Waals surface area contributed by atoms with E-state index < -0.39 is 11.9 Å². The predicted octanol–water partition coefficient (Wildman–Crippen LogP) is -0.200. The molecular weight excluding hydrogens is 224 g/mol. The highest BCUT2D eigenvalue weighted by atomic mass is 16.5. The highest BCUT2D eigenvalue weighted by Crippen LogP contribution is 2.11. The lowest BCUT2D eigenvalue weighted by Crippen LogP contribution is -2.46. The molecule has 1 N–H and O–H groups in total. The lowest BCUT2D eigenvalue weighted by Gasteiger charge is -2.24. The largest absolute Gasteiger partial charge is 0.466 e. The van der Waals surface area contributed by atoms with Crippen molar-refractivity contribution in [2.75, 3.05) is 13.7 Å². The normalized spacial score (nSPS) is 17.3. The fourth-order valence-electron chi connectivity index (χ4n) is 1.62. The third kappa shape index (κ3) is 3.90. The van der Waals surface area contributed by atoms with Gasteiger partial charge in [-0.05, 0) is 13.3 Å². The summed E-state index contributed by atoms with van der Waals surface area (Å²) in [4.78, 5) is 35.1. The maximum absolute atomic E-state index is 11.4. The first kappa shape index (κ1) is 13.2. The van der Waals surface area contributed by atoms with Crippen LogP contribution in [-0.4, -0.2) is 42.5 Å². The number of hydrogen-bond donors (Lipinski definition) is 1. The number of esters is 1. The smallest absolute Gasteiger partial charge is 0.330 e. The number of rotatable bonds is 4. The molecule has 0 radical (unpaired) electrons. The molecule has 1 unspecified atom stereocenters. The molecule has 0 saturated carbocycles. The van der Waals surface area contributed by atoms with Gasteiger partial charge in [0.1, 0.15) is 6.17 Å². The molecule has 0 aliphatic carbocycles. The second-order valence-corrected chi connectivity index (χ2v) is 3.73. The number of nitrogens with one attached hydrogen (secondary N) is 1. The van der Waals surface area contributed by atoms with Crippen LogP contribution in [0.2, 0.25) is 0 Å². The zero-order valence-electron chi connectivity index (χ0n) is 9.93. The molecule has 1 saturated heterocycles. The van der Waals surface area contributed by atoms with E-state index in [-0.39, 0.29) is 12.1 Å². The highest BCUT2D eigenvalue weighted by Gasteiger charge is 2.25. The fourth-order valence-corrected chi connectivity index (χ4v) is 1.62. The third-order valence-corrected chi connectivity index (χ3v) is 2.50. The molecule has 2 amide bonds. The van der Waals surface area contributed by atoms with E-state index in [1.807, 2.05) is 0 Å². The Hall–Kier alpha value is -1.85. The van der Waals surface area contributed by atoms with Crippen molar-refractivity contribution in [3.05, 3.63) is 12.2 Å². The number of carbonyl (C=O) groups excluding carboxylic acids is 3. The van der Waals surface area contributed by atoms with Crippen molar-refractivity contribution in [1.29, 1.82) is 0 Å². The van der Waals surface area contributed by atoms with Crippen LogP contribution in [0.15, 0.2) is 12.2 Å². The molecule has 1 heterocycles. The summed E-state index contributed by atoms with van der Waals surface area (Å²) >= 11 is 0. The van der Waals surface area contributed by atoms with Crippen molar-refractivity contribution in [1.82, 2.24) is 10.2 Å². The first-order chi connectivity index (χ1) is 8.04. The molecule has 6 heteroatoms. The number of amides is 2. The van der Waals surface area contributed by atoms with Gasteiger partial charge in [-0.1, -0.05) is 0 Å². The van der Waals surface area contributed by atoms with Gasteiger partial charge in [0, 0.05) is 25.1 Å². The number of methoxy groups -OCH3 is 1. The van der Waals surface area contributed by atoms with Gasteiger partial charge in [-0.15, -0.1) is 0 Å². The van der Waals surface area contributed by atoms with Crippen LogP contribution >= 0.6 is 0 Å². The standard InChI is InChI=1S/C11H16N2O4/c1-8(13-7-3-4-10(13)15)12-9(14)5-6-11(16)17-2/h5-6,8H,3-4,7H2,1-2H3,(H,12,14). The maximum atomic E-state index is 11.4. The van der Waals surface area contributed by atoms with Gasteiger partial charge in [0.15, 0.2) is 0 Å². The Labute approximate surface area is 99.6 Å². The molecule has 0 bridgehead atoms. The summed E-state index contributed by atoms with van der Waals surface area (Å²) in [7, 11) is 1.23. The zero-order chi connectivity index (χ0) is 12.8. The van der Waals surface area contributed by atoms with E-state index in [0.717, 1.165) is 18.6 Å². The third-order valence-electron chi connectivity index (χ3n) is 2.50. The minimum absolute atomic E-state index is 0.0368. The van der Waals surface area contributed by atoms with Crippen LogP contribution in [0.25, 0.3) is 0 Å². The van der Waals surface area contributed by atoms with Gasteiger partial charge in [0.05, 0.1) is 7.11 Å². The van der Waals surface area contributed by atoms with Gasteiger partial charge < -0.3 is 15.0 Å². The first-order valence-electron chi connectivity index (χ1n) is 5.40. The van der Waals surface area contributed by atoms with Crippen LogP contribution in [0.5, 0.6) is 0 Å². The molecule has 6 nitrogen and oxygen atoms in total. The Morgan fingerprint density at radius 3 is 2.71 bits per heavy atom. The second kappa shape index (κ2) is 6.03. The maximum Gasteiger partial charge on any atom is 0.330 e. The van der Waals surface area contributed by atoms with E-state index >= 15 is 0 Å². The van der Waals surface area contributed by atoms with Crippen LogP contribution < -0.4 is 5.32 Å². The molecule has 0 aromatic carbocycles. The van der Waals surface area contributed by atoms with Crippen molar-refractivity contribution < 1.29 is 19.1 Å². The number of ether oxygens (including phenoxy) is 1. The predicted molar refractivity (Wildman–Crippen MR) is 59.7 cm³/mol. The summed E-state index contributed by atoms with van der Waals surface area (Å²) in [6.45, 7) is 2.38. The van der Waals surface area contributed by atoms with Gasteiger partial charge in [-0.25, -0.2) is 4.79 Å². The molecule has 0 aromatic heterocycles. The van der Waals surface area contributed by atoms with Crippen molar-refractivity contribution in [2.24, 2.45) is 0 Å². The van der Waals surface area contributed by atoms with Crippen molar-refractivity contribution >= 4 is 17.8 Å². The van der Waals surface area contributed by atoms with Crippen molar-refractivity contribution in [3.8, 4) is 0 Å². The molecule has 1 aliphatic heterocycles. The molecule has 0 aromatic rings. The van der Waals surface area contributed by atoms with E-state index in [9.17, 15) is 14.4 Å². The lowest BCUT2D eigenvalue weighted by atomic mass is 10.4. The van der Waals surface area contributed by atoms with Crippen LogP contribution in [-0.2, 0) is 19.1 Å². The molecule has 94 valence electrons. The van der Waals surface area contributed by atoms with E-state index in [2.05, 4.69) is 10.1 Å².